The Bertz CT molecular complexity index is 3950. The van der Waals surface area contributed by atoms with E-state index >= 15 is 0 Å². The van der Waals surface area contributed by atoms with Gasteiger partial charge in [-0.15, -0.1) is 34.0 Å². The van der Waals surface area contributed by atoms with E-state index in [0.29, 0.717) is 31.2 Å². The zero-order chi connectivity index (χ0) is 59.3. The molecule has 30 heteroatoms. The number of thiophene rings is 3. The predicted molar refractivity (Wildman–Crippen MR) is 301 cm³/mol. The third-order valence-electron chi connectivity index (χ3n) is 11.4. The molecule has 0 amide bonds. The molecule has 0 saturated carbocycles. The van der Waals surface area contributed by atoms with Gasteiger partial charge in [-0.1, -0.05) is 66.2 Å². The van der Waals surface area contributed by atoms with Gasteiger partial charge in [-0.25, -0.2) is 25.3 Å². The summed E-state index contributed by atoms with van der Waals surface area (Å²) in [6, 6.07) is 38.8. The monoisotopic (exact) mass is 1260 g/mol. The van der Waals surface area contributed by atoms with Gasteiger partial charge in [0, 0.05) is 62.6 Å². The van der Waals surface area contributed by atoms with Crippen LogP contribution in [-0.2, 0) is 30.1 Å². The van der Waals surface area contributed by atoms with Crippen molar-refractivity contribution < 1.29 is 69.7 Å². The van der Waals surface area contributed by atoms with E-state index in [2.05, 4.69) is 0 Å². The molecule has 81 heavy (non-hydrogen) atoms. The Hall–Kier alpha value is -6.89. The van der Waals surface area contributed by atoms with E-state index < -0.39 is 92.4 Å². The van der Waals surface area contributed by atoms with Gasteiger partial charge in [0.15, 0.2) is 0 Å². The number of benzene rings is 6. The third-order valence-corrected chi connectivity index (χ3v) is 21.2. The van der Waals surface area contributed by atoms with Crippen molar-refractivity contribution in [3.05, 3.63) is 173 Å². The highest BCUT2D eigenvalue weighted by atomic mass is 35.5. The van der Waals surface area contributed by atoms with Crippen LogP contribution in [0.4, 0.5) is 71.6 Å². The number of nitro benzene ring substituents is 1. The molecular formula is C51H42ClF9N6O8S6. The molecule has 430 valence electrons. The van der Waals surface area contributed by atoms with E-state index in [9.17, 15) is 74.9 Å². The molecule has 0 aliphatic rings. The number of hydrogen-bond donors (Lipinski definition) is 2. The Morgan fingerprint density at radius 1 is 0.469 bits per heavy atom. The number of rotatable bonds is 16. The van der Waals surface area contributed by atoms with Crippen LogP contribution in [0, 0.1) is 10.1 Å². The number of fused-ring (bicyclic) bond motifs is 3. The minimum atomic E-state index is -4.54. The van der Waals surface area contributed by atoms with Crippen molar-refractivity contribution in [1.82, 2.24) is 0 Å². The standard InChI is InChI=1S/C17H14ClF3N2O2S2.C17H13F3N2O4S2.C17H15F3N2O2S2/c18-15-13-3-1-2-4-14(13)26-16(15)23(10-9-17(19,20)21)27(24,25)12-7-5-11(22)6-8-12;18-17(19,20)9-10-21(16-11-12-3-1-2-4-15(12)27-16)28(25,26)14-7-5-13(6-8-14)22(23)24;18-17(19,20)9-10-22(16-11-12-3-1-2-4-15(12)25-16)26(23,24)14-7-5-13(21)6-8-14/h1-8H,9-10,22H2;1-8,11H,9-10H2;1-8,11H,9-10,21H2. The molecule has 14 nitrogen and oxygen atoms in total. The van der Waals surface area contributed by atoms with Crippen molar-refractivity contribution in [2.45, 2.75) is 52.5 Å². The van der Waals surface area contributed by atoms with Gasteiger partial charge in [0.05, 0.1) is 43.9 Å². The normalized spacial score (nSPS) is 12.4. The van der Waals surface area contributed by atoms with Gasteiger partial charge >= 0.3 is 18.5 Å². The number of sulfonamides is 3. The van der Waals surface area contributed by atoms with E-state index in [0.717, 1.165) is 81.7 Å². The highest BCUT2D eigenvalue weighted by Gasteiger charge is 2.37. The number of non-ortho nitro benzene ring substituents is 1. The number of hydrogen-bond acceptors (Lipinski definition) is 13. The smallest absolute Gasteiger partial charge is 0.390 e. The van der Waals surface area contributed by atoms with Crippen LogP contribution in [-0.4, -0.2) is 68.3 Å². The largest absolute Gasteiger partial charge is 0.399 e. The second-order valence-electron chi connectivity index (χ2n) is 17.2. The van der Waals surface area contributed by atoms with E-state index in [4.69, 9.17) is 23.1 Å². The number of halogens is 10. The number of nitro groups is 1. The number of nitrogens with two attached hydrogens (primary N) is 2. The summed E-state index contributed by atoms with van der Waals surface area (Å²) in [5, 5.41) is 13.4. The van der Waals surface area contributed by atoms with Crippen LogP contribution in [0.5, 0.6) is 0 Å². The van der Waals surface area contributed by atoms with Crippen LogP contribution in [0.15, 0.2) is 172 Å². The summed E-state index contributed by atoms with van der Waals surface area (Å²) in [6.07, 6.45) is -17.4. The van der Waals surface area contributed by atoms with Crippen molar-refractivity contribution in [3.8, 4) is 0 Å². The number of nitrogen functional groups attached to an aromatic ring is 2. The van der Waals surface area contributed by atoms with Crippen LogP contribution < -0.4 is 24.4 Å². The molecule has 3 heterocycles. The van der Waals surface area contributed by atoms with Crippen molar-refractivity contribution in [1.29, 1.82) is 0 Å². The van der Waals surface area contributed by atoms with Gasteiger partial charge in [0.2, 0.25) is 0 Å². The summed E-state index contributed by atoms with van der Waals surface area (Å²) in [5.74, 6) is 0. The molecule has 6 aromatic carbocycles. The first-order valence-electron chi connectivity index (χ1n) is 23.2. The first kappa shape index (κ1) is 61.7. The summed E-state index contributed by atoms with van der Waals surface area (Å²) >= 11 is 9.55. The minimum absolute atomic E-state index is 0.0546. The van der Waals surface area contributed by atoms with Crippen molar-refractivity contribution in [2.75, 3.05) is 44.0 Å². The van der Waals surface area contributed by atoms with Crippen LogP contribution in [0.25, 0.3) is 30.3 Å². The summed E-state index contributed by atoms with van der Waals surface area (Å²) < 4.78 is 197. The van der Waals surface area contributed by atoms with Crippen LogP contribution in [0.3, 0.4) is 0 Å². The second-order valence-corrected chi connectivity index (χ2v) is 26.3. The molecule has 9 rings (SSSR count). The zero-order valence-corrected chi connectivity index (χ0v) is 46.8. The van der Waals surface area contributed by atoms with Gasteiger partial charge < -0.3 is 11.5 Å². The highest BCUT2D eigenvalue weighted by Crippen LogP contribution is 2.45. The average Bonchev–Trinajstić information content (AvgIpc) is 4.32. The average molecular weight is 1270 g/mol. The second kappa shape index (κ2) is 24.7. The highest BCUT2D eigenvalue weighted by molar-refractivity contribution is 7.93. The molecule has 3 aromatic heterocycles. The molecule has 0 atom stereocenters. The fraction of sp³-hybridized carbons (Fsp3) is 0.176. The fourth-order valence-corrected chi connectivity index (χ4v) is 16.3. The molecule has 9 aromatic rings. The Labute approximate surface area is 474 Å². The Morgan fingerprint density at radius 3 is 1.16 bits per heavy atom. The predicted octanol–water partition coefficient (Wildman–Crippen LogP) is 14.9. The lowest BCUT2D eigenvalue weighted by Crippen LogP contribution is -2.34. The molecule has 0 bridgehead atoms. The van der Waals surface area contributed by atoms with Gasteiger partial charge in [0.1, 0.15) is 15.0 Å². The molecular weight excluding hydrogens is 1220 g/mol. The maximum absolute atomic E-state index is 13.1. The topological polar surface area (TPSA) is 207 Å². The summed E-state index contributed by atoms with van der Waals surface area (Å²) in [6.45, 7) is -2.26. The summed E-state index contributed by atoms with van der Waals surface area (Å²) in [7, 11) is -12.8. The summed E-state index contributed by atoms with van der Waals surface area (Å²) in [4.78, 5) is 9.47. The van der Waals surface area contributed by atoms with Crippen LogP contribution in [0.1, 0.15) is 19.3 Å². The summed E-state index contributed by atoms with van der Waals surface area (Å²) in [5.41, 5.74) is 11.5. The van der Waals surface area contributed by atoms with Gasteiger partial charge in [-0.2, -0.15) is 39.5 Å². The molecule has 0 fully saturated rings. The lowest BCUT2D eigenvalue weighted by atomic mass is 10.3. The van der Waals surface area contributed by atoms with Gasteiger partial charge in [-0.05, 0) is 102 Å². The van der Waals surface area contributed by atoms with E-state index in [1.807, 2.05) is 0 Å². The number of anilines is 5. The lowest BCUT2D eigenvalue weighted by Gasteiger charge is -2.24. The van der Waals surface area contributed by atoms with Crippen molar-refractivity contribution in [3.63, 3.8) is 0 Å². The van der Waals surface area contributed by atoms with E-state index in [1.54, 1.807) is 78.9 Å². The molecule has 0 aliphatic carbocycles. The van der Waals surface area contributed by atoms with Crippen LogP contribution in [0.2, 0.25) is 5.02 Å². The molecule has 4 N–H and O–H groups in total. The molecule has 0 aliphatic heterocycles. The Kier molecular flexibility index (Phi) is 18.8. The molecule has 0 saturated heterocycles. The quantitative estimate of drug-likeness (QED) is 0.0405. The van der Waals surface area contributed by atoms with E-state index in [1.165, 1.54) is 54.6 Å². The number of nitrogens with zero attached hydrogens (tertiary/aromatic N) is 4. The third kappa shape index (κ3) is 15.6. The zero-order valence-electron chi connectivity index (χ0n) is 41.2. The molecule has 0 spiro atoms. The van der Waals surface area contributed by atoms with Crippen LogP contribution >= 0.6 is 45.6 Å². The van der Waals surface area contributed by atoms with E-state index in [-0.39, 0.29) is 40.4 Å². The molecule has 0 unspecified atom stereocenters. The first-order chi connectivity index (χ1) is 37.8. The number of alkyl halides is 9. The first-order valence-corrected chi connectivity index (χ1v) is 30.4. The fourth-order valence-electron chi connectivity index (χ4n) is 7.46. The minimum Gasteiger partial charge on any atom is -0.399 e. The Morgan fingerprint density at radius 2 is 0.802 bits per heavy atom. The molecule has 0 radical (unpaired) electrons. The Balaban J connectivity index is 0.000000175. The SMILES string of the molecule is Nc1ccc(S(=O)(=O)N(CCC(F)(F)F)c2cc3ccccc3s2)cc1.Nc1ccc(S(=O)(=O)N(CCC(F)(F)F)c2sc3ccccc3c2Cl)cc1.O=[N+]([O-])c1ccc(S(=O)(=O)N(CCC(F)(F)F)c2cc3ccccc3s2)cc1. The van der Waals surface area contributed by atoms with Crippen molar-refractivity contribution in [2.24, 2.45) is 0 Å². The lowest BCUT2D eigenvalue weighted by molar-refractivity contribution is -0.384. The van der Waals surface area contributed by atoms with Gasteiger partial charge in [-0.3, -0.25) is 23.0 Å². The maximum atomic E-state index is 13.1. The maximum Gasteiger partial charge on any atom is 0.390 e. The van der Waals surface area contributed by atoms with Crippen molar-refractivity contribution >= 4 is 138 Å². The van der Waals surface area contributed by atoms with Gasteiger partial charge in [0.25, 0.3) is 35.8 Å².